The van der Waals surface area contributed by atoms with Gasteiger partial charge in [0.2, 0.25) is 0 Å². The van der Waals surface area contributed by atoms with Crippen molar-refractivity contribution in [1.82, 2.24) is 4.90 Å². The molecule has 1 aliphatic heterocycles. The molecule has 1 aromatic rings. The molecule has 0 saturated carbocycles. The van der Waals surface area contributed by atoms with Gasteiger partial charge in [0.05, 0.1) is 13.1 Å². The quantitative estimate of drug-likeness (QED) is 0.779. The van der Waals surface area contributed by atoms with Crippen LogP contribution in [0.2, 0.25) is 0 Å². The van der Waals surface area contributed by atoms with Crippen LogP contribution in [0.25, 0.3) is 0 Å². The molecule has 0 radical (unpaired) electrons. The Morgan fingerprint density at radius 3 is 2.94 bits per heavy atom. The minimum Gasteiger partial charge on any atom is -0.344 e. The van der Waals surface area contributed by atoms with Crippen LogP contribution in [0.3, 0.4) is 0 Å². The van der Waals surface area contributed by atoms with Gasteiger partial charge in [-0.3, -0.25) is 4.99 Å². The molecule has 0 fully saturated rings. The first-order chi connectivity index (χ1) is 8.20. The van der Waals surface area contributed by atoms with Gasteiger partial charge in [0.1, 0.15) is 0 Å². The first-order valence-corrected chi connectivity index (χ1v) is 8.65. The largest absolute Gasteiger partial charge is 0.344 e. The first-order valence-electron chi connectivity index (χ1n) is 5.76. The Balaban J connectivity index is 2.03. The van der Waals surface area contributed by atoms with Gasteiger partial charge in [-0.15, -0.1) is 11.3 Å². The molecule has 0 spiro atoms. The molecule has 5 heteroatoms. The zero-order chi connectivity index (χ0) is 12.3. The first kappa shape index (κ1) is 13.4. The van der Waals surface area contributed by atoms with E-state index in [9.17, 15) is 0 Å². The highest BCUT2D eigenvalue weighted by atomic mass is 79.9. The monoisotopic (exact) mass is 332 g/mol. The number of halogens is 1. The Labute approximate surface area is 120 Å². The van der Waals surface area contributed by atoms with Crippen molar-refractivity contribution in [2.24, 2.45) is 4.99 Å². The Morgan fingerprint density at radius 1 is 1.59 bits per heavy atom. The molecule has 0 amide bonds. The Hall–Kier alpha value is -0.000000000000000111. The molecule has 0 aliphatic carbocycles. The van der Waals surface area contributed by atoms with Gasteiger partial charge in [0.15, 0.2) is 5.17 Å². The van der Waals surface area contributed by atoms with Gasteiger partial charge in [-0.2, -0.15) is 0 Å². The van der Waals surface area contributed by atoms with E-state index < -0.39 is 0 Å². The van der Waals surface area contributed by atoms with Crippen molar-refractivity contribution in [1.29, 1.82) is 0 Å². The summed E-state index contributed by atoms with van der Waals surface area (Å²) in [6, 6.07) is 4.81. The highest BCUT2D eigenvalue weighted by molar-refractivity contribution is 9.09. The van der Waals surface area contributed by atoms with Crippen LogP contribution >= 0.6 is 39.0 Å². The van der Waals surface area contributed by atoms with Gasteiger partial charge in [-0.1, -0.05) is 33.8 Å². The van der Waals surface area contributed by atoms with Gasteiger partial charge >= 0.3 is 0 Å². The SMILES string of the molecule is CC(C)N(Cc1cccs1)C1=NCC(CBr)S1. The predicted molar refractivity (Wildman–Crippen MR) is 82.5 cm³/mol. The Bertz CT molecular complexity index is 376. The zero-order valence-electron chi connectivity index (χ0n) is 10.1. The summed E-state index contributed by atoms with van der Waals surface area (Å²) in [7, 11) is 0. The van der Waals surface area contributed by atoms with E-state index in [2.05, 4.69) is 57.2 Å². The number of rotatable bonds is 4. The second kappa shape index (κ2) is 6.25. The summed E-state index contributed by atoms with van der Waals surface area (Å²) in [4.78, 5) is 8.48. The van der Waals surface area contributed by atoms with Crippen molar-refractivity contribution < 1.29 is 0 Å². The van der Waals surface area contributed by atoms with Crippen LogP contribution in [0, 0.1) is 0 Å². The molecular weight excluding hydrogens is 316 g/mol. The van der Waals surface area contributed by atoms with E-state index in [0.29, 0.717) is 11.3 Å². The van der Waals surface area contributed by atoms with Gasteiger partial charge in [-0.25, -0.2) is 0 Å². The van der Waals surface area contributed by atoms with Crippen molar-refractivity contribution in [3.63, 3.8) is 0 Å². The fraction of sp³-hybridized carbons (Fsp3) is 0.583. The van der Waals surface area contributed by atoms with E-state index in [1.165, 1.54) is 10.0 Å². The maximum atomic E-state index is 4.67. The lowest BCUT2D eigenvalue weighted by Crippen LogP contribution is -2.33. The highest BCUT2D eigenvalue weighted by Gasteiger charge is 2.24. The molecule has 17 heavy (non-hydrogen) atoms. The number of thioether (sulfide) groups is 1. The number of amidine groups is 1. The summed E-state index contributed by atoms with van der Waals surface area (Å²) in [6.45, 7) is 6.39. The molecule has 2 nitrogen and oxygen atoms in total. The summed E-state index contributed by atoms with van der Waals surface area (Å²) in [5, 5.41) is 4.97. The molecular formula is C12H17BrN2S2. The maximum Gasteiger partial charge on any atom is 0.160 e. The minimum atomic E-state index is 0.498. The maximum absolute atomic E-state index is 4.67. The van der Waals surface area contributed by atoms with Crippen LogP contribution < -0.4 is 0 Å². The van der Waals surface area contributed by atoms with E-state index in [-0.39, 0.29) is 0 Å². The number of hydrogen-bond acceptors (Lipinski definition) is 4. The summed E-state index contributed by atoms with van der Waals surface area (Å²) in [5.41, 5.74) is 0. The fourth-order valence-electron chi connectivity index (χ4n) is 1.68. The molecule has 1 unspecified atom stereocenters. The van der Waals surface area contributed by atoms with Crippen molar-refractivity contribution in [2.75, 3.05) is 11.9 Å². The van der Waals surface area contributed by atoms with Crippen LogP contribution in [0.4, 0.5) is 0 Å². The van der Waals surface area contributed by atoms with Crippen molar-refractivity contribution in [3.8, 4) is 0 Å². The lowest BCUT2D eigenvalue weighted by atomic mass is 10.3. The number of nitrogens with zero attached hydrogens (tertiary/aromatic N) is 2. The van der Waals surface area contributed by atoms with Gasteiger partial charge in [0, 0.05) is 21.5 Å². The highest BCUT2D eigenvalue weighted by Crippen LogP contribution is 2.27. The van der Waals surface area contributed by atoms with Crippen LogP contribution in [-0.4, -0.2) is 33.2 Å². The molecule has 0 N–H and O–H groups in total. The van der Waals surface area contributed by atoms with Crippen LogP contribution in [0.1, 0.15) is 18.7 Å². The van der Waals surface area contributed by atoms with Crippen LogP contribution in [0.5, 0.6) is 0 Å². The van der Waals surface area contributed by atoms with Crippen molar-refractivity contribution in [2.45, 2.75) is 31.7 Å². The molecule has 0 aromatic carbocycles. The summed E-state index contributed by atoms with van der Waals surface area (Å²) < 4.78 is 0. The third-order valence-electron chi connectivity index (χ3n) is 2.65. The van der Waals surface area contributed by atoms with E-state index in [1.54, 1.807) is 0 Å². The summed E-state index contributed by atoms with van der Waals surface area (Å²) in [5.74, 6) is 0. The van der Waals surface area contributed by atoms with E-state index >= 15 is 0 Å². The van der Waals surface area contributed by atoms with Gasteiger partial charge in [0.25, 0.3) is 0 Å². The molecule has 0 saturated heterocycles. The van der Waals surface area contributed by atoms with Gasteiger partial charge < -0.3 is 4.90 Å². The second-order valence-electron chi connectivity index (χ2n) is 4.32. The number of aliphatic imine (C=N–C) groups is 1. The summed E-state index contributed by atoms with van der Waals surface area (Å²) in [6.07, 6.45) is 0. The third-order valence-corrected chi connectivity index (χ3v) is 5.94. The standard InChI is InChI=1S/C12H17BrN2S2/c1-9(2)15(8-10-4-3-5-16-10)12-14-7-11(6-13)17-12/h3-5,9,11H,6-8H2,1-2H3. The van der Waals surface area contributed by atoms with Crippen LogP contribution in [-0.2, 0) is 6.54 Å². The smallest absolute Gasteiger partial charge is 0.160 e. The fourth-order valence-corrected chi connectivity index (χ4v) is 4.06. The predicted octanol–water partition coefficient (Wildman–Crippen LogP) is 3.82. The lowest BCUT2D eigenvalue weighted by Gasteiger charge is -2.27. The number of thiophene rings is 1. The van der Waals surface area contributed by atoms with E-state index in [4.69, 9.17) is 0 Å². The molecule has 0 bridgehead atoms. The Kier molecular flexibility index (Phi) is 4.94. The average Bonchev–Trinajstić information content (AvgIpc) is 2.96. The van der Waals surface area contributed by atoms with Crippen molar-refractivity contribution >= 4 is 44.2 Å². The zero-order valence-corrected chi connectivity index (χ0v) is 13.3. The van der Waals surface area contributed by atoms with E-state index in [0.717, 1.165) is 18.4 Å². The molecule has 1 atom stereocenters. The Morgan fingerprint density at radius 2 is 2.41 bits per heavy atom. The average molecular weight is 333 g/mol. The van der Waals surface area contributed by atoms with E-state index in [1.807, 2.05) is 23.1 Å². The molecule has 1 aromatic heterocycles. The lowest BCUT2D eigenvalue weighted by molar-refractivity contribution is 0.352. The topological polar surface area (TPSA) is 15.6 Å². The molecule has 94 valence electrons. The number of alkyl halides is 1. The van der Waals surface area contributed by atoms with Crippen LogP contribution in [0.15, 0.2) is 22.5 Å². The number of hydrogen-bond donors (Lipinski definition) is 0. The molecule has 2 heterocycles. The van der Waals surface area contributed by atoms with Crippen molar-refractivity contribution in [3.05, 3.63) is 22.4 Å². The third kappa shape index (κ3) is 3.48. The normalized spacial score (nSPS) is 19.8. The second-order valence-corrected chi connectivity index (χ2v) is 7.27. The molecule has 1 aliphatic rings. The minimum absolute atomic E-state index is 0.498. The summed E-state index contributed by atoms with van der Waals surface area (Å²) >= 11 is 7.26. The molecule has 2 rings (SSSR count). The van der Waals surface area contributed by atoms with Gasteiger partial charge in [-0.05, 0) is 25.3 Å².